The van der Waals surface area contributed by atoms with Gasteiger partial charge in [0.15, 0.2) is 11.6 Å². The molecule has 7 heteroatoms. The van der Waals surface area contributed by atoms with E-state index in [2.05, 4.69) is 30.4 Å². The molecule has 4 rings (SSSR count). The summed E-state index contributed by atoms with van der Waals surface area (Å²) in [5.41, 5.74) is 1.76. The predicted octanol–water partition coefficient (Wildman–Crippen LogP) is 2.72. The second-order valence-electron chi connectivity index (χ2n) is 5.63. The third-order valence-electron chi connectivity index (χ3n) is 3.62. The lowest BCUT2D eigenvalue weighted by atomic mass is 10.2. The molecule has 1 aliphatic rings. The Bertz CT molecular complexity index is 812. The molecule has 3 heterocycles. The predicted molar refractivity (Wildman–Crippen MR) is 83.6 cm³/mol. The van der Waals surface area contributed by atoms with Crippen molar-refractivity contribution in [3.05, 3.63) is 48.0 Å². The van der Waals surface area contributed by atoms with E-state index in [0.717, 1.165) is 35.7 Å². The second kappa shape index (κ2) is 5.75. The Morgan fingerprint density at radius 2 is 2.17 bits per heavy atom. The van der Waals surface area contributed by atoms with Crippen LogP contribution in [-0.2, 0) is 6.54 Å². The summed E-state index contributed by atoms with van der Waals surface area (Å²) < 4.78 is 5.26. The van der Waals surface area contributed by atoms with Gasteiger partial charge < -0.3 is 9.84 Å². The van der Waals surface area contributed by atoms with Crippen molar-refractivity contribution in [3.8, 4) is 11.4 Å². The van der Waals surface area contributed by atoms with Crippen molar-refractivity contribution < 1.29 is 4.52 Å². The molecule has 0 spiro atoms. The minimum Gasteiger partial charge on any atom is -0.361 e. The van der Waals surface area contributed by atoms with Gasteiger partial charge in [0.1, 0.15) is 5.82 Å². The molecule has 0 unspecified atom stereocenters. The summed E-state index contributed by atoms with van der Waals surface area (Å²) in [6.45, 7) is 2.38. The Kier molecular flexibility index (Phi) is 3.45. The number of aromatic nitrogens is 5. The fourth-order valence-corrected chi connectivity index (χ4v) is 2.30. The van der Waals surface area contributed by atoms with Crippen LogP contribution in [0.4, 0.5) is 5.82 Å². The zero-order valence-electron chi connectivity index (χ0n) is 12.7. The number of aryl methyl sites for hydroxylation is 1. The smallest absolute Gasteiger partial charge is 0.245 e. The minimum atomic E-state index is 0.447. The summed E-state index contributed by atoms with van der Waals surface area (Å²) in [5.74, 6) is 3.25. The number of anilines is 1. The number of hydrogen-bond donors (Lipinski definition) is 1. The molecule has 0 amide bonds. The summed E-state index contributed by atoms with van der Waals surface area (Å²) in [7, 11) is 0. The molecule has 0 radical (unpaired) electrons. The highest BCUT2D eigenvalue weighted by Crippen LogP contribution is 2.38. The zero-order chi connectivity index (χ0) is 15.6. The van der Waals surface area contributed by atoms with Crippen LogP contribution in [0.2, 0.25) is 0 Å². The van der Waals surface area contributed by atoms with E-state index in [0.29, 0.717) is 24.2 Å². The molecule has 1 N–H and O–H groups in total. The van der Waals surface area contributed by atoms with Crippen LogP contribution in [0.15, 0.2) is 35.1 Å². The van der Waals surface area contributed by atoms with Gasteiger partial charge in [-0.15, -0.1) is 0 Å². The average Bonchev–Trinajstić information content (AvgIpc) is 3.32. The van der Waals surface area contributed by atoms with Crippen molar-refractivity contribution in [2.45, 2.75) is 32.2 Å². The summed E-state index contributed by atoms with van der Waals surface area (Å²) >= 11 is 0. The van der Waals surface area contributed by atoms with Crippen LogP contribution in [0.5, 0.6) is 0 Å². The first kappa shape index (κ1) is 13.8. The molecule has 1 saturated carbocycles. The van der Waals surface area contributed by atoms with Gasteiger partial charge in [-0.25, -0.2) is 9.97 Å². The van der Waals surface area contributed by atoms with E-state index in [9.17, 15) is 0 Å². The Balaban J connectivity index is 1.50. The van der Waals surface area contributed by atoms with E-state index in [4.69, 9.17) is 4.52 Å². The normalized spacial score (nSPS) is 14.0. The molecule has 0 aromatic carbocycles. The average molecular weight is 308 g/mol. The Hall–Kier alpha value is -2.83. The summed E-state index contributed by atoms with van der Waals surface area (Å²) in [6, 6.07) is 5.69. The molecule has 0 aliphatic heterocycles. The molecule has 7 nitrogen and oxygen atoms in total. The second-order valence-corrected chi connectivity index (χ2v) is 5.63. The van der Waals surface area contributed by atoms with Gasteiger partial charge in [-0.1, -0.05) is 5.16 Å². The summed E-state index contributed by atoms with van der Waals surface area (Å²) in [6.07, 6.45) is 5.79. The van der Waals surface area contributed by atoms with Crippen LogP contribution in [0.25, 0.3) is 11.4 Å². The van der Waals surface area contributed by atoms with E-state index < -0.39 is 0 Å². The van der Waals surface area contributed by atoms with Gasteiger partial charge >= 0.3 is 0 Å². The highest BCUT2D eigenvalue weighted by Gasteiger charge is 2.28. The number of rotatable bonds is 5. The monoisotopic (exact) mass is 308 g/mol. The van der Waals surface area contributed by atoms with Crippen molar-refractivity contribution in [3.63, 3.8) is 0 Å². The maximum atomic E-state index is 5.26. The highest BCUT2D eigenvalue weighted by molar-refractivity contribution is 5.56. The molecule has 23 heavy (non-hydrogen) atoms. The van der Waals surface area contributed by atoms with Gasteiger partial charge in [0.2, 0.25) is 5.89 Å². The van der Waals surface area contributed by atoms with Crippen molar-refractivity contribution in [2.75, 3.05) is 5.32 Å². The van der Waals surface area contributed by atoms with Gasteiger partial charge in [0.25, 0.3) is 0 Å². The molecule has 1 aliphatic carbocycles. The van der Waals surface area contributed by atoms with E-state index in [-0.39, 0.29) is 0 Å². The first-order valence-corrected chi connectivity index (χ1v) is 7.60. The Morgan fingerprint density at radius 1 is 1.26 bits per heavy atom. The molecule has 116 valence electrons. The van der Waals surface area contributed by atoms with Crippen molar-refractivity contribution >= 4 is 5.82 Å². The van der Waals surface area contributed by atoms with E-state index >= 15 is 0 Å². The van der Waals surface area contributed by atoms with Crippen LogP contribution in [-0.4, -0.2) is 25.1 Å². The minimum absolute atomic E-state index is 0.447. The van der Waals surface area contributed by atoms with Crippen molar-refractivity contribution in [1.82, 2.24) is 25.1 Å². The molecule has 3 aromatic heterocycles. The SMILES string of the molecule is Cc1cc(NCc2nc(C3CC3)no2)nc(-c2cccnc2)n1. The van der Waals surface area contributed by atoms with Crippen LogP contribution >= 0.6 is 0 Å². The number of nitrogens with one attached hydrogen (secondary N) is 1. The number of pyridine rings is 1. The lowest BCUT2D eigenvalue weighted by Gasteiger charge is -2.06. The molecular weight excluding hydrogens is 292 g/mol. The maximum Gasteiger partial charge on any atom is 0.245 e. The molecule has 0 saturated heterocycles. The lowest BCUT2D eigenvalue weighted by Crippen LogP contribution is -2.04. The third kappa shape index (κ3) is 3.18. The first-order valence-electron chi connectivity index (χ1n) is 7.60. The van der Waals surface area contributed by atoms with Gasteiger partial charge in [0, 0.05) is 35.6 Å². The van der Waals surface area contributed by atoms with E-state index in [1.807, 2.05) is 25.1 Å². The third-order valence-corrected chi connectivity index (χ3v) is 3.62. The molecular formula is C16H16N6O. The van der Waals surface area contributed by atoms with Gasteiger partial charge in [0.05, 0.1) is 6.54 Å². The first-order chi connectivity index (χ1) is 11.3. The zero-order valence-corrected chi connectivity index (χ0v) is 12.7. The molecule has 0 bridgehead atoms. The van der Waals surface area contributed by atoms with E-state index in [1.54, 1.807) is 12.4 Å². The van der Waals surface area contributed by atoms with Gasteiger partial charge in [-0.3, -0.25) is 4.98 Å². The lowest BCUT2D eigenvalue weighted by molar-refractivity contribution is 0.378. The largest absolute Gasteiger partial charge is 0.361 e. The Morgan fingerprint density at radius 3 is 2.96 bits per heavy atom. The van der Waals surface area contributed by atoms with Gasteiger partial charge in [-0.2, -0.15) is 4.98 Å². The van der Waals surface area contributed by atoms with Crippen molar-refractivity contribution in [1.29, 1.82) is 0 Å². The highest BCUT2D eigenvalue weighted by atomic mass is 16.5. The number of hydrogen-bond acceptors (Lipinski definition) is 7. The Labute approximate surface area is 133 Å². The van der Waals surface area contributed by atoms with Crippen LogP contribution < -0.4 is 5.32 Å². The van der Waals surface area contributed by atoms with Crippen LogP contribution in [0.3, 0.4) is 0 Å². The van der Waals surface area contributed by atoms with Crippen molar-refractivity contribution in [2.24, 2.45) is 0 Å². The van der Waals surface area contributed by atoms with Gasteiger partial charge in [-0.05, 0) is 31.9 Å². The fraction of sp³-hybridized carbons (Fsp3) is 0.312. The molecule has 1 fully saturated rings. The fourth-order valence-electron chi connectivity index (χ4n) is 2.30. The summed E-state index contributed by atoms with van der Waals surface area (Å²) in [4.78, 5) is 17.5. The number of nitrogens with zero attached hydrogens (tertiary/aromatic N) is 5. The van der Waals surface area contributed by atoms with Crippen LogP contribution in [0.1, 0.15) is 36.2 Å². The maximum absolute atomic E-state index is 5.26. The molecule has 0 atom stereocenters. The topological polar surface area (TPSA) is 89.6 Å². The summed E-state index contributed by atoms with van der Waals surface area (Å²) in [5, 5.41) is 7.22. The molecule has 3 aromatic rings. The standard InChI is InChI=1S/C16H16N6O/c1-10-7-13(20-15(19-10)12-3-2-6-17-8-12)18-9-14-21-16(22-23-14)11-4-5-11/h2-3,6-8,11H,4-5,9H2,1H3,(H,18,19,20). The van der Waals surface area contributed by atoms with E-state index in [1.165, 1.54) is 0 Å². The quantitative estimate of drug-likeness (QED) is 0.775. The van der Waals surface area contributed by atoms with Crippen LogP contribution in [0, 0.1) is 6.92 Å².